The second-order valence-corrected chi connectivity index (χ2v) is 4.68. The van der Waals surface area contributed by atoms with Crippen molar-refractivity contribution in [3.05, 3.63) is 11.9 Å². The normalized spacial score (nSPS) is 11.6. The summed E-state index contributed by atoms with van der Waals surface area (Å²) < 4.78 is 23.6. The highest BCUT2D eigenvalue weighted by Gasteiger charge is 2.19. The van der Waals surface area contributed by atoms with Gasteiger partial charge in [0.25, 0.3) is 0 Å². The van der Waals surface area contributed by atoms with Gasteiger partial charge in [-0.3, -0.25) is 0 Å². The molecule has 0 radical (unpaired) electrons. The smallest absolute Gasteiger partial charge is 0.356 e. The van der Waals surface area contributed by atoms with E-state index in [0.717, 1.165) is 6.26 Å². The number of carboxylic acid groups (broad SMARTS) is 1. The molecule has 1 rings (SSSR count). The van der Waals surface area contributed by atoms with Gasteiger partial charge in [0.2, 0.25) is 15.0 Å². The molecular weight excluding hydrogens is 208 g/mol. The zero-order chi connectivity index (χ0) is 10.9. The van der Waals surface area contributed by atoms with E-state index in [1.807, 2.05) is 0 Å². The third-order valence-electron chi connectivity index (χ3n) is 1.63. The molecular formula is C7H10N2O4S. The Labute approximate surface area is 81.1 Å². The van der Waals surface area contributed by atoms with E-state index in [9.17, 15) is 13.2 Å². The maximum atomic E-state index is 11.2. The fourth-order valence-electron chi connectivity index (χ4n) is 1.02. The Bertz CT molecular complexity index is 460. The van der Waals surface area contributed by atoms with Crippen LogP contribution in [0, 0.1) is 0 Å². The minimum Gasteiger partial charge on any atom is -0.476 e. The second-order valence-electron chi connectivity index (χ2n) is 2.77. The molecule has 0 unspecified atom stereocenters. The van der Waals surface area contributed by atoms with Crippen LogP contribution in [-0.2, 0) is 16.4 Å². The predicted octanol–water partition coefficient (Wildman–Crippen LogP) is 0.00470. The number of hydrogen-bond donors (Lipinski definition) is 1. The summed E-state index contributed by atoms with van der Waals surface area (Å²) in [6.45, 7) is 2.07. The van der Waals surface area contributed by atoms with Crippen LogP contribution in [0.5, 0.6) is 0 Å². The van der Waals surface area contributed by atoms with Crippen LogP contribution in [0.15, 0.2) is 11.4 Å². The Morgan fingerprint density at radius 3 is 2.50 bits per heavy atom. The lowest BCUT2D eigenvalue weighted by Gasteiger charge is -1.99. The number of sulfone groups is 1. The third-order valence-corrected chi connectivity index (χ3v) is 2.62. The van der Waals surface area contributed by atoms with E-state index in [1.54, 1.807) is 6.92 Å². The molecule has 0 aliphatic carbocycles. The van der Waals surface area contributed by atoms with Gasteiger partial charge in [-0.05, 0) is 6.92 Å². The highest BCUT2D eigenvalue weighted by atomic mass is 32.2. The van der Waals surface area contributed by atoms with Crippen molar-refractivity contribution in [2.45, 2.75) is 18.6 Å². The van der Waals surface area contributed by atoms with Gasteiger partial charge in [0.1, 0.15) is 0 Å². The van der Waals surface area contributed by atoms with Crippen LogP contribution < -0.4 is 0 Å². The SMILES string of the molecule is CCn1cc(C(=O)O)nc1S(C)(=O)=O. The number of aromatic carboxylic acids is 1. The summed E-state index contributed by atoms with van der Waals surface area (Å²) in [4.78, 5) is 14.1. The highest BCUT2D eigenvalue weighted by Crippen LogP contribution is 2.09. The molecule has 0 aromatic carbocycles. The Morgan fingerprint density at radius 2 is 2.21 bits per heavy atom. The van der Waals surface area contributed by atoms with Gasteiger partial charge in [0.05, 0.1) is 0 Å². The molecule has 7 heteroatoms. The summed E-state index contributed by atoms with van der Waals surface area (Å²) in [5.74, 6) is -1.23. The molecule has 0 saturated carbocycles. The molecule has 0 aliphatic heterocycles. The molecule has 0 bridgehead atoms. The topological polar surface area (TPSA) is 89.3 Å². The summed E-state index contributed by atoms with van der Waals surface area (Å²) in [7, 11) is -3.47. The highest BCUT2D eigenvalue weighted by molar-refractivity contribution is 7.90. The predicted molar refractivity (Wildman–Crippen MR) is 48.0 cm³/mol. The maximum Gasteiger partial charge on any atom is 0.356 e. The second kappa shape index (κ2) is 3.41. The van der Waals surface area contributed by atoms with Crippen LogP contribution >= 0.6 is 0 Å². The van der Waals surface area contributed by atoms with Crippen molar-refractivity contribution < 1.29 is 18.3 Å². The maximum absolute atomic E-state index is 11.2. The minimum absolute atomic E-state index is 0.211. The van der Waals surface area contributed by atoms with Gasteiger partial charge in [-0.2, -0.15) is 0 Å². The molecule has 1 N–H and O–H groups in total. The summed E-state index contributed by atoms with van der Waals surface area (Å²) in [5.41, 5.74) is -0.257. The van der Waals surface area contributed by atoms with Gasteiger partial charge in [0, 0.05) is 19.0 Å². The number of hydrogen-bond acceptors (Lipinski definition) is 4. The van der Waals surface area contributed by atoms with Crippen LogP contribution in [0.2, 0.25) is 0 Å². The van der Waals surface area contributed by atoms with Gasteiger partial charge in [-0.1, -0.05) is 0 Å². The van der Waals surface area contributed by atoms with Gasteiger partial charge in [0.15, 0.2) is 5.69 Å². The fraction of sp³-hybridized carbons (Fsp3) is 0.429. The number of aromatic nitrogens is 2. The molecule has 0 spiro atoms. The summed E-state index contributed by atoms with van der Waals surface area (Å²) in [5, 5.41) is 8.40. The molecule has 1 heterocycles. The van der Waals surface area contributed by atoms with Crippen LogP contribution in [0.25, 0.3) is 0 Å². The zero-order valence-electron chi connectivity index (χ0n) is 7.76. The average molecular weight is 218 g/mol. The number of carbonyl (C=O) groups is 1. The van der Waals surface area contributed by atoms with Crippen molar-refractivity contribution in [2.75, 3.05) is 6.26 Å². The molecule has 14 heavy (non-hydrogen) atoms. The quantitative estimate of drug-likeness (QED) is 0.771. The molecule has 78 valence electrons. The van der Waals surface area contributed by atoms with Crippen molar-refractivity contribution in [2.24, 2.45) is 0 Å². The third kappa shape index (κ3) is 1.92. The summed E-state index contributed by atoms with van der Waals surface area (Å²) in [6, 6.07) is 0. The van der Waals surface area contributed by atoms with Gasteiger partial charge >= 0.3 is 5.97 Å². The Balaban J connectivity index is 3.37. The first kappa shape index (κ1) is 10.7. The van der Waals surface area contributed by atoms with Crippen LogP contribution in [0.1, 0.15) is 17.4 Å². The van der Waals surface area contributed by atoms with Crippen LogP contribution in [-0.4, -0.2) is 35.3 Å². The summed E-state index contributed by atoms with van der Waals surface area (Å²) in [6.07, 6.45) is 2.20. The van der Waals surface area contributed by atoms with E-state index in [1.165, 1.54) is 10.8 Å². The molecule has 6 nitrogen and oxygen atoms in total. The largest absolute Gasteiger partial charge is 0.476 e. The Kier molecular flexibility index (Phi) is 2.61. The lowest BCUT2D eigenvalue weighted by molar-refractivity contribution is 0.0690. The molecule has 1 aromatic rings. The number of rotatable bonds is 3. The van der Waals surface area contributed by atoms with E-state index in [2.05, 4.69) is 4.98 Å². The van der Waals surface area contributed by atoms with E-state index >= 15 is 0 Å². The van der Waals surface area contributed by atoms with Crippen LogP contribution in [0.4, 0.5) is 0 Å². The van der Waals surface area contributed by atoms with E-state index in [-0.39, 0.29) is 10.9 Å². The molecule has 0 amide bonds. The van der Waals surface area contributed by atoms with E-state index < -0.39 is 15.8 Å². The summed E-state index contributed by atoms with van der Waals surface area (Å²) >= 11 is 0. The van der Waals surface area contributed by atoms with Crippen molar-refractivity contribution in [3.63, 3.8) is 0 Å². The first-order chi connectivity index (χ1) is 6.36. The van der Waals surface area contributed by atoms with Gasteiger partial charge in [-0.15, -0.1) is 0 Å². The van der Waals surface area contributed by atoms with Crippen molar-refractivity contribution in [1.29, 1.82) is 0 Å². The number of imidazole rings is 1. The van der Waals surface area contributed by atoms with E-state index in [0.29, 0.717) is 6.54 Å². The van der Waals surface area contributed by atoms with Gasteiger partial charge < -0.3 is 9.67 Å². The average Bonchev–Trinajstić information content (AvgIpc) is 2.46. The monoisotopic (exact) mass is 218 g/mol. The first-order valence-corrected chi connectivity index (χ1v) is 5.76. The van der Waals surface area contributed by atoms with Crippen LogP contribution in [0.3, 0.4) is 0 Å². The lowest BCUT2D eigenvalue weighted by Crippen LogP contribution is -2.07. The fourth-order valence-corrected chi connectivity index (χ4v) is 1.90. The minimum atomic E-state index is -3.47. The van der Waals surface area contributed by atoms with Crippen molar-refractivity contribution in [1.82, 2.24) is 9.55 Å². The van der Waals surface area contributed by atoms with Crippen molar-refractivity contribution >= 4 is 15.8 Å². The molecule has 0 saturated heterocycles. The molecule has 1 aromatic heterocycles. The first-order valence-electron chi connectivity index (χ1n) is 3.86. The molecule has 0 fully saturated rings. The number of carboxylic acids is 1. The zero-order valence-corrected chi connectivity index (χ0v) is 8.58. The molecule has 0 aliphatic rings. The standard InChI is InChI=1S/C7H10N2O4S/c1-3-9-4-5(6(10)11)8-7(9)14(2,12)13/h4H,3H2,1-2H3,(H,10,11). The lowest BCUT2D eigenvalue weighted by atomic mass is 10.5. The van der Waals surface area contributed by atoms with Crippen molar-refractivity contribution in [3.8, 4) is 0 Å². The number of nitrogens with zero attached hydrogens (tertiary/aromatic N) is 2. The van der Waals surface area contributed by atoms with Gasteiger partial charge in [-0.25, -0.2) is 18.2 Å². The Hall–Kier alpha value is -1.37. The Morgan fingerprint density at radius 1 is 1.64 bits per heavy atom. The van der Waals surface area contributed by atoms with E-state index in [4.69, 9.17) is 5.11 Å². The molecule has 0 atom stereocenters. The number of aryl methyl sites for hydroxylation is 1.